The van der Waals surface area contributed by atoms with E-state index in [4.69, 9.17) is 12.2 Å². The Morgan fingerprint density at radius 1 is 1.17 bits per heavy atom. The molecule has 0 amide bonds. The van der Waals surface area contributed by atoms with Crippen molar-refractivity contribution in [3.63, 3.8) is 0 Å². The molecule has 1 aliphatic carbocycles. The SMILES string of the molecule is O=C(O)[C@H]1C(=S)C=CC2=C1Nc1ccccc1N2. The number of allylic oxidation sites excluding steroid dienone is 2. The molecule has 2 aliphatic rings. The first-order valence-corrected chi connectivity index (χ1v) is 5.89. The normalized spacial score (nSPS) is 20.7. The number of para-hydroxylation sites is 2. The fourth-order valence-corrected chi connectivity index (χ4v) is 2.42. The van der Waals surface area contributed by atoms with Crippen LogP contribution in [0.25, 0.3) is 0 Å². The summed E-state index contributed by atoms with van der Waals surface area (Å²) in [4.78, 5) is 11.7. The van der Waals surface area contributed by atoms with Crippen molar-refractivity contribution in [2.24, 2.45) is 5.92 Å². The molecule has 0 unspecified atom stereocenters. The van der Waals surface area contributed by atoms with E-state index in [9.17, 15) is 9.90 Å². The Labute approximate surface area is 109 Å². The predicted octanol–water partition coefficient (Wildman–Crippen LogP) is 2.38. The summed E-state index contributed by atoms with van der Waals surface area (Å²) in [7, 11) is 0. The van der Waals surface area contributed by atoms with Gasteiger partial charge in [-0.15, -0.1) is 0 Å². The van der Waals surface area contributed by atoms with Crippen LogP contribution in [0.15, 0.2) is 47.8 Å². The van der Waals surface area contributed by atoms with Gasteiger partial charge >= 0.3 is 5.97 Å². The van der Waals surface area contributed by atoms with Gasteiger partial charge in [0.15, 0.2) is 0 Å². The van der Waals surface area contributed by atoms with Crippen molar-refractivity contribution < 1.29 is 9.90 Å². The van der Waals surface area contributed by atoms with Crippen molar-refractivity contribution >= 4 is 34.4 Å². The fraction of sp³-hybridized carbons (Fsp3) is 0.0769. The quantitative estimate of drug-likeness (QED) is 0.675. The van der Waals surface area contributed by atoms with Gasteiger partial charge in [-0.1, -0.05) is 24.4 Å². The number of rotatable bonds is 1. The van der Waals surface area contributed by atoms with Crippen molar-refractivity contribution in [1.29, 1.82) is 0 Å². The second kappa shape index (κ2) is 3.96. The minimum atomic E-state index is -0.939. The number of carboxylic acid groups (broad SMARTS) is 1. The maximum Gasteiger partial charge on any atom is 0.317 e. The van der Waals surface area contributed by atoms with E-state index >= 15 is 0 Å². The summed E-state index contributed by atoms with van der Waals surface area (Å²) in [5, 5.41) is 15.6. The zero-order valence-electron chi connectivity index (χ0n) is 9.31. The third-order valence-electron chi connectivity index (χ3n) is 2.99. The average Bonchev–Trinajstić information content (AvgIpc) is 2.36. The number of fused-ring (bicyclic) bond motifs is 1. The molecule has 1 aromatic carbocycles. The third kappa shape index (κ3) is 1.60. The van der Waals surface area contributed by atoms with Crippen LogP contribution in [0.3, 0.4) is 0 Å². The Bertz CT molecular complexity index is 619. The largest absolute Gasteiger partial charge is 0.480 e. The van der Waals surface area contributed by atoms with Crippen LogP contribution in [0.4, 0.5) is 11.4 Å². The van der Waals surface area contributed by atoms with Crippen LogP contribution < -0.4 is 10.6 Å². The standard InChI is InChI=1S/C13H10N2O2S/c16-13(17)11-10(18)6-5-9-12(11)15-8-4-2-1-3-7(8)14-9/h1-6,11,14-15H,(H,16,17)/t11-/m0/s1. The minimum absolute atomic E-state index is 0.412. The first-order valence-electron chi connectivity index (χ1n) is 5.49. The number of nitrogens with one attached hydrogen (secondary N) is 2. The van der Waals surface area contributed by atoms with Gasteiger partial charge in [-0.3, -0.25) is 4.79 Å². The van der Waals surface area contributed by atoms with Crippen molar-refractivity contribution in [2.75, 3.05) is 10.6 Å². The molecule has 0 radical (unpaired) electrons. The van der Waals surface area contributed by atoms with Gasteiger partial charge in [0.25, 0.3) is 0 Å². The van der Waals surface area contributed by atoms with Crippen LogP contribution in [0, 0.1) is 5.92 Å². The Hall–Kier alpha value is -2.14. The smallest absolute Gasteiger partial charge is 0.317 e. The van der Waals surface area contributed by atoms with E-state index in [1.165, 1.54) is 0 Å². The minimum Gasteiger partial charge on any atom is -0.480 e. The summed E-state index contributed by atoms with van der Waals surface area (Å²) in [6.45, 7) is 0. The highest BCUT2D eigenvalue weighted by atomic mass is 32.1. The number of anilines is 2. The van der Waals surface area contributed by atoms with Crippen LogP contribution in [0.2, 0.25) is 0 Å². The fourth-order valence-electron chi connectivity index (χ4n) is 2.13. The lowest BCUT2D eigenvalue weighted by molar-refractivity contribution is -0.138. The number of carboxylic acids is 1. The summed E-state index contributed by atoms with van der Waals surface area (Å²) in [6, 6.07) is 7.64. The maximum absolute atomic E-state index is 11.3. The van der Waals surface area contributed by atoms with E-state index in [2.05, 4.69) is 10.6 Å². The van der Waals surface area contributed by atoms with Crippen LogP contribution in [0.5, 0.6) is 0 Å². The number of thiocarbonyl (C=S) groups is 1. The number of carbonyl (C=O) groups is 1. The lowest BCUT2D eigenvalue weighted by atomic mass is 9.93. The molecule has 1 aliphatic heterocycles. The molecule has 18 heavy (non-hydrogen) atoms. The molecule has 4 nitrogen and oxygen atoms in total. The number of hydrogen-bond acceptors (Lipinski definition) is 4. The Balaban J connectivity index is 2.07. The number of hydrogen-bond donors (Lipinski definition) is 3. The van der Waals surface area contributed by atoms with Crippen LogP contribution in [0.1, 0.15) is 0 Å². The molecule has 5 heteroatoms. The zero-order chi connectivity index (χ0) is 12.7. The van der Waals surface area contributed by atoms with E-state index in [1.807, 2.05) is 24.3 Å². The van der Waals surface area contributed by atoms with Gasteiger partial charge in [0, 0.05) is 4.86 Å². The van der Waals surface area contributed by atoms with Gasteiger partial charge in [-0.05, 0) is 24.3 Å². The van der Waals surface area contributed by atoms with Crippen molar-refractivity contribution in [3.05, 3.63) is 47.8 Å². The van der Waals surface area contributed by atoms with Gasteiger partial charge in [0.1, 0.15) is 5.92 Å². The van der Waals surface area contributed by atoms with E-state index in [0.29, 0.717) is 10.6 Å². The van der Waals surface area contributed by atoms with Crippen molar-refractivity contribution in [2.45, 2.75) is 0 Å². The summed E-state index contributed by atoms with van der Waals surface area (Å²) in [5.41, 5.74) is 3.15. The van der Waals surface area contributed by atoms with Gasteiger partial charge in [0.05, 0.1) is 22.8 Å². The maximum atomic E-state index is 11.3. The summed E-state index contributed by atoms with van der Waals surface area (Å²) >= 11 is 5.10. The molecule has 1 atom stereocenters. The first-order chi connectivity index (χ1) is 8.66. The van der Waals surface area contributed by atoms with Crippen LogP contribution in [-0.2, 0) is 4.79 Å². The lowest BCUT2D eigenvalue weighted by Crippen LogP contribution is -2.33. The van der Waals surface area contributed by atoms with Gasteiger partial charge in [0.2, 0.25) is 0 Å². The van der Waals surface area contributed by atoms with Crippen molar-refractivity contribution in [3.8, 4) is 0 Å². The van der Waals surface area contributed by atoms with E-state index in [0.717, 1.165) is 17.1 Å². The third-order valence-corrected chi connectivity index (χ3v) is 3.36. The molecule has 0 aromatic heterocycles. The molecule has 0 saturated heterocycles. The zero-order valence-corrected chi connectivity index (χ0v) is 10.1. The monoisotopic (exact) mass is 258 g/mol. The Kier molecular flexibility index (Phi) is 2.41. The molecule has 90 valence electrons. The highest BCUT2D eigenvalue weighted by Gasteiger charge is 2.33. The number of benzene rings is 1. The van der Waals surface area contributed by atoms with E-state index < -0.39 is 11.9 Å². The molecular formula is C13H10N2O2S. The summed E-state index contributed by atoms with van der Waals surface area (Å²) in [5.74, 6) is -1.73. The van der Waals surface area contributed by atoms with Gasteiger partial charge in [-0.25, -0.2) is 0 Å². The Morgan fingerprint density at radius 3 is 2.50 bits per heavy atom. The van der Waals surface area contributed by atoms with Crippen molar-refractivity contribution in [1.82, 2.24) is 0 Å². The highest BCUT2D eigenvalue weighted by Crippen LogP contribution is 2.35. The molecule has 0 saturated carbocycles. The summed E-state index contributed by atoms with van der Waals surface area (Å²) < 4.78 is 0. The Morgan fingerprint density at radius 2 is 1.83 bits per heavy atom. The topological polar surface area (TPSA) is 61.4 Å². The highest BCUT2D eigenvalue weighted by molar-refractivity contribution is 7.80. The molecule has 0 bridgehead atoms. The number of aliphatic carboxylic acids is 1. The van der Waals surface area contributed by atoms with Crippen LogP contribution in [-0.4, -0.2) is 15.9 Å². The molecule has 3 N–H and O–H groups in total. The molecule has 3 rings (SSSR count). The van der Waals surface area contributed by atoms with Gasteiger partial charge < -0.3 is 15.7 Å². The summed E-state index contributed by atoms with van der Waals surface area (Å²) in [6.07, 6.45) is 3.47. The van der Waals surface area contributed by atoms with Crippen LogP contribution >= 0.6 is 12.2 Å². The second-order valence-corrected chi connectivity index (χ2v) is 4.60. The van der Waals surface area contributed by atoms with E-state index in [1.54, 1.807) is 12.2 Å². The first kappa shape index (κ1) is 11.0. The molecule has 0 spiro atoms. The average molecular weight is 258 g/mol. The molecule has 1 heterocycles. The molecular weight excluding hydrogens is 248 g/mol. The molecule has 0 fully saturated rings. The second-order valence-electron chi connectivity index (χ2n) is 4.13. The van der Waals surface area contributed by atoms with E-state index in [-0.39, 0.29) is 0 Å². The van der Waals surface area contributed by atoms with Gasteiger partial charge in [-0.2, -0.15) is 0 Å². The molecule has 1 aromatic rings. The predicted molar refractivity (Wildman–Crippen MR) is 73.6 cm³/mol. The lowest BCUT2D eigenvalue weighted by Gasteiger charge is -2.30.